The van der Waals surface area contributed by atoms with Crippen molar-refractivity contribution in [1.29, 1.82) is 0 Å². The van der Waals surface area contributed by atoms with Crippen LogP contribution in [0.4, 0.5) is 8.78 Å². The fourth-order valence-corrected chi connectivity index (χ4v) is 2.71. The van der Waals surface area contributed by atoms with E-state index in [1.807, 2.05) is 22.6 Å². The first kappa shape index (κ1) is 14.0. The molecule has 0 aliphatic heterocycles. The molecule has 0 saturated carbocycles. The second kappa shape index (κ2) is 5.10. The third kappa shape index (κ3) is 2.39. The predicted octanol–water partition coefficient (Wildman–Crippen LogP) is 2.94. The number of pyridine rings is 1. The highest BCUT2D eigenvalue weighted by atomic mass is 127. The molecule has 0 spiro atoms. The summed E-state index contributed by atoms with van der Waals surface area (Å²) in [4.78, 5) is 12.2. The zero-order valence-electron chi connectivity index (χ0n) is 10.7. The van der Waals surface area contributed by atoms with Gasteiger partial charge in [0, 0.05) is 19.2 Å². The predicted molar refractivity (Wildman–Crippen MR) is 80.5 cm³/mol. The lowest BCUT2D eigenvalue weighted by atomic mass is 10.3. The number of hydrogen-bond acceptors (Lipinski definition) is 3. The van der Waals surface area contributed by atoms with Crippen LogP contribution in [0.1, 0.15) is 0 Å². The summed E-state index contributed by atoms with van der Waals surface area (Å²) in [6.07, 6.45) is 0. The minimum Gasteiger partial charge on any atom is -0.448 e. The third-order valence-corrected chi connectivity index (χ3v) is 3.71. The standard InChI is InChI=1S/C13H8F2IN3O2/c1-19-11-8(17-18-12(11)16)5-10(13(19)20)21-9-3-2-6(14)4-7(9)15/h2-5H,1H3,(H,17,18). The Bertz CT molecular complexity index is 904. The topological polar surface area (TPSA) is 59.9 Å². The maximum absolute atomic E-state index is 13.6. The van der Waals surface area contributed by atoms with Crippen LogP contribution in [0, 0.1) is 15.3 Å². The van der Waals surface area contributed by atoms with Crippen molar-refractivity contribution in [3.63, 3.8) is 0 Å². The number of ether oxygens (including phenoxy) is 1. The molecule has 0 saturated heterocycles. The van der Waals surface area contributed by atoms with E-state index in [2.05, 4.69) is 10.2 Å². The number of nitrogens with one attached hydrogen (secondary N) is 1. The van der Waals surface area contributed by atoms with Gasteiger partial charge in [-0.3, -0.25) is 9.89 Å². The number of hydrogen-bond donors (Lipinski definition) is 1. The van der Waals surface area contributed by atoms with Crippen LogP contribution in [0.15, 0.2) is 29.1 Å². The zero-order chi connectivity index (χ0) is 15.1. The molecular weight excluding hydrogens is 395 g/mol. The third-order valence-electron chi connectivity index (χ3n) is 2.96. The second-order valence-electron chi connectivity index (χ2n) is 4.32. The molecule has 0 aliphatic rings. The summed E-state index contributed by atoms with van der Waals surface area (Å²) >= 11 is 2.02. The Kier molecular flexibility index (Phi) is 3.40. The van der Waals surface area contributed by atoms with Crippen LogP contribution in [-0.4, -0.2) is 14.8 Å². The number of rotatable bonds is 2. The number of H-pyrrole nitrogens is 1. The van der Waals surface area contributed by atoms with Crippen molar-refractivity contribution in [2.75, 3.05) is 0 Å². The average molecular weight is 403 g/mol. The number of halogens is 3. The Morgan fingerprint density at radius 3 is 2.76 bits per heavy atom. The van der Waals surface area contributed by atoms with Crippen molar-refractivity contribution in [3.8, 4) is 11.5 Å². The van der Waals surface area contributed by atoms with Gasteiger partial charge < -0.3 is 9.30 Å². The number of aryl methyl sites for hydroxylation is 1. The van der Waals surface area contributed by atoms with Gasteiger partial charge >= 0.3 is 0 Å². The van der Waals surface area contributed by atoms with Crippen molar-refractivity contribution in [1.82, 2.24) is 14.8 Å². The zero-order valence-corrected chi connectivity index (χ0v) is 12.8. The molecule has 0 atom stereocenters. The minimum absolute atomic E-state index is 0.0848. The van der Waals surface area contributed by atoms with Gasteiger partial charge in [0.1, 0.15) is 20.6 Å². The lowest BCUT2D eigenvalue weighted by Gasteiger charge is -2.08. The van der Waals surface area contributed by atoms with Crippen LogP contribution in [0.5, 0.6) is 11.5 Å². The van der Waals surface area contributed by atoms with E-state index in [0.717, 1.165) is 12.1 Å². The molecule has 3 rings (SSSR count). The summed E-state index contributed by atoms with van der Waals surface area (Å²) in [6, 6.07) is 4.29. The first-order chi connectivity index (χ1) is 9.97. The smallest absolute Gasteiger partial charge is 0.293 e. The SMILES string of the molecule is Cn1c(=O)c(Oc2ccc(F)cc2F)cc2n[nH]c(I)c21. The normalized spacial score (nSPS) is 11.0. The fraction of sp³-hybridized carbons (Fsp3) is 0.0769. The van der Waals surface area contributed by atoms with E-state index in [9.17, 15) is 13.6 Å². The van der Waals surface area contributed by atoms with Gasteiger partial charge in [0.2, 0.25) is 0 Å². The van der Waals surface area contributed by atoms with Gasteiger partial charge in [0.15, 0.2) is 17.3 Å². The maximum Gasteiger partial charge on any atom is 0.293 e. The van der Waals surface area contributed by atoms with Crippen LogP contribution < -0.4 is 10.3 Å². The maximum atomic E-state index is 13.6. The van der Waals surface area contributed by atoms with Crippen LogP contribution in [-0.2, 0) is 7.05 Å². The number of fused-ring (bicyclic) bond motifs is 1. The highest BCUT2D eigenvalue weighted by Gasteiger charge is 2.15. The Labute approximate surface area is 130 Å². The summed E-state index contributed by atoms with van der Waals surface area (Å²) in [5, 5.41) is 6.79. The summed E-state index contributed by atoms with van der Waals surface area (Å²) in [7, 11) is 1.57. The van der Waals surface area contributed by atoms with Crippen LogP contribution in [0.25, 0.3) is 11.0 Å². The molecule has 3 aromatic rings. The van der Waals surface area contributed by atoms with Gasteiger partial charge in [0.05, 0.1) is 0 Å². The van der Waals surface area contributed by atoms with Crippen molar-refractivity contribution in [2.45, 2.75) is 0 Å². The number of benzene rings is 1. The molecular formula is C13H8F2IN3O2. The Morgan fingerprint density at radius 2 is 2.05 bits per heavy atom. The Hall–Kier alpha value is -1.97. The Balaban J connectivity index is 2.13. The highest BCUT2D eigenvalue weighted by Crippen LogP contribution is 2.25. The largest absolute Gasteiger partial charge is 0.448 e. The molecule has 2 heterocycles. The van der Waals surface area contributed by atoms with Gasteiger partial charge in [-0.05, 0) is 34.7 Å². The number of aromatic amines is 1. The van der Waals surface area contributed by atoms with Crippen molar-refractivity contribution in [2.24, 2.45) is 7.05 Å². The summed E-state index contributed by atoms with van der Waals surface area (Å²) in [5.41, 5.74) is 0.706. The van der Waals surface area contributed by atoms with E-state index in [4.69, 9.17) is 4.74 Å². The highest BCUT2D eigenvalue weighted by molar-refractivity contribution is 14.1. The number of nitrogens with zero attached hydrogens (tertiary/aromatic N) is 2. The molecule has 0 aliphatic carbocycles. The van der Waals surface area contributed by atoms with Gasteiger partial charge in [-0.25, -0.2) is 8.78 Å². The van der Waals surface area contributed by atoms with Gasteiger partial charge in [-0.2, -0.15) is 5.10 Å². The first-order valence-electron chi connectivity index (χ1n) is 5.84. The molecule has 5 nitrogen and oxygen atoms in total. The van der Waals surface area contributed by atoms with Crippen LogP contribution in [0.3, 0.4) is 0 Å². The van der Waals surface area contributed by atoms with Gasteiger partial charge in [-0.1, -0.05) is 0 Å². The lowest BCUT2D eigenvalue weighted by Crippen LogP contribution is -2.18. The first-order valence-corrected chi connectivity index (χ1v) is 6.92. The van der Waals surface area contributed by atoms with E-state index in [1.54, 1.807) is 7.05 Å². The van der Waals surface area contributed by atoms with Crippen molar-refractivity contribution < 1.29 is 13.5 Å². The van der Waals surface area contributed by atoms with Gasteiger partial charge in [-0.15, -0.1) is 0 Å². The molecule has 0 amide bonds. The van der Waals surface area contributed by atoms with Crippen molar-refractivity contribution >= 4 is 33.6 Å². The fourth-order valence-electron chi connectivity index (χ4n) is 1.95. The lowest BCUT2D eigenvalue weighted by molar-refractivity contribution is 0.430. The molecule has 2 aromatic heterocycles. The Morgan fingerprint density at radius 1 is 1.29 bits per heavy atom. The molecule has 8 heteroatoms. The van der Waals surface area contributed by atoms with E-state index >= 15 is 0 Å². The summed E-state index contributed by atoms with van der Waals surface area (Å²) in [5.74, 6) is -1.91. The number of aromatic nitrogens is 3. The quantitative estimate of drug-likeness (QED) is 0.670. The molecule has 0 fully saturated rings. The molecule has 108 valence electrons. The molecule has 0 unspecified atom stereocenters. The molecule has 21 heavy (non-hydrogen) atoms. The summed E-state index contributed by atoms with van der Waals surface area (Å²) < 4.78 is 33.8. The molecule has 1 aromatic carbocycles. The van der Waals surface area contributed by atoms with Crippen molar-refractivity contribution in [3.05, 3.63) is 50.0 Å². The monoisotopic (exact) mass is 403 g/mol. The van der Waals surface area contributed by atoms with Crippen LogP contribution >= 0.6 is 22.6 Å². The van der Waals surface area contributed by atoms with E-state index in [1.165, 1.54) is 10.6 Å². The van der Waals surface area contributed by atoms with E-state index < -0.39 is 17.2 Å². The van der Waals surface area contributed by atoms with E-state index in [-0.39, 0.29) is 11.5 Å². The van der Waals surface area contributed by atoms with Crippen LogP contribution in [0.2, 0.25) is 0 Å². The molecule has 1 N–H and O–H groups in total. The van der Waals surface area contributed by atoms with E-state index in [0.29, 0.717) is 20.8 Å². The minimum atomic E-state index is -0.881. The molecule has 0 radical (unpaired) electrons. The average Bonchev–Trinajstić information content (AvgIpc) is 2.80. The summed E-state index contributed by atoms with van der Waals surface area (Å²) in [6.45, 7) is 0. The molecule has 0 bridgehead atoms. The second-order valence-corrected chi connectivity index (χ2v) is 5.40. The van der Waals surface area contributed by atoms with Gasteiger partial charge in [0.25, 0.3) is 5.56 Å².